The van der Waals surface area contributed by atoms with Crippen molar-refractivity contribution >= 4 is 13.7 Å². The average molecular weight is 293 g/mol. The molecule has 0 atom stereocenters. The summed E-state index contributed by atoms with van der Waals surface area (Å²) in [5, 5.41) is 4.59. The van der Waals surface area contributed by atoms with Crippen LogP contribution in [0.2, 0.25) is 19.6 Å². The molecule has 21 heavy (non-hydrogen) atoms. The van der Waals surface area contributed by atoms with Crippen molar-refractivity contribution in [1.82, 2.24) is 24.6 Å². The molecule has 3 rings (SSSR count). The minimum Gasteiger partial charge on any atom is -0.244 e. The Hall–Kier alpha value is -2.52. The van der Waals surface area contributed by atoms with E-state index in [0.29, 0.717) is 0 Å². The van der Waals surface area contributed by atoms with Crippen molar-refractivity contribution in [1.29, 1.82) is 0 Å². The SMILES string of the molecule is C[Si](C)(C)C#Cc1cnc2ccc(-c3cncnc3)nn12. The first-order chi connectivity index (χ1) is 10.0. The molecule has 0 bridgehead atoms. The predicted octanol–water partition coefficient (Wildman–Crippen LogP) is 2.42. The lowest BCUT2D eigenvalue weighted by Gasteiger charge is -2.03. The molecule has 0 saturated heterocycles. The molecule has 0 saturated carbocycles. The molecule has 3 aromatic rings. The number of imidazole rings is 1. The molecule has 0 unspecified atom stereocenters. The van der Waals surface area contributed by atoms with Gasteiger partial charge in [-0.2, -0.15) is 5.10 Å². The third-order valence-electron chi connectivity index (χ3n) is 2.78. The summed E-state index contributed by atoms with van der Waals surface area (Å²) in [4.78, 5) is 12.4. The van der Waals surface area contributed by atoms with Crippen LogP contribution in [0.1, 0.15) is 5.69 Å². The molecule has 0 radical (unpaired) electrons. The second-order valence-corrected chi connectivity index (χ2v) is 10.5. The van der Waals surface area contributed by atoms with Crippen LogP contribution in [0.25, 0.3) is 16.9 Å². The summed E-state index contributed by atoms with van der Waals surface area (Å²) < 4.78 is 1.77. The third-order valence-corrected chi connectivity index (χ3v) is 3.66. The Morgan fingerprint density at radius 1 is 1.05 bits per heavy atom. The van der Waals surface area contributed by atoms with E-state index in [-0.39, 0.29) is 0 Å². The zero-order valence-corrected chi connectivity index (χ0v) is 13.2. The largest absolute Gasteiger partial charge is 0.244 e. The molecule has 0 spiro atoms. The van der Waals surface area contributed by atoms with Crippen molar-refractivity contribution in [2.75, 3.05) is 0 Å². The molecular formula is C15H15N5Si. The van der Waals surface area contributed by atoms with Crippen LogP contribution >= 0.6 is 0 Å². The van der Waals surface area contributed by atoms with E-state index in [1.165, 1.54) is 6.33 Å². The topological polar surface area (TPSA) is 56.0 Å². The van der Waals surface area contributed by atoms with Gasteiger partial charge in [-0.1, -0.05) is 25.6 Å². The van der Waals surface area contributed by atoms with Gasteiger partial charge in [0.15, 0.2) is 5.65 Å². The minimum atomic E-state index is -1.43. The molecule has 0 aliphatic rings. The van der Waals surface area contributed by atoms with Crippen LogP contribution in [0.5, 0.6) is 0 Å². The summed E-state index contributed by atoms with van der Waals surface area (Å²) in [6, 6.07) is 3.84. The highest BCUT2D eigenvalue weighted by Gasteiger charge is 2.09. The first-order valence-electron chi connectivity index (χ1n) is 6.66. The van der Waals surface area contributed by atoms with E-state index in [2.05, 4.69) is 51.2 Å². The predicted molar refractivity (Wildman–Crippen MR) is 84.2 cm³/mol. The van der Waals surface area contributed by atoms with Gasteiger partial charge in [0.25, 0.3) is 0 Å². The lowest BCUT2D eigenvalue weighted by atomic mass is 10.2. The number of hydrogen-bond donors (Lipinski definition) is 0. The highest BCUT2D eigenvalue weighted by molar-refractivity contribution is 6.83. The molecule has 5 nitrogen and oxygen atoms in total. The summed E-state index contributed by atoms with van der Waals surface area (Å²) in [5.74, 6) is 3.20. The molecule has 0 N–H and O–H groups in total. The van der Waals surface area contributed by atoms with Gasteiger partial charge < -0.3 is 0 Å². The van der Waals surface area contributed by atoms with E-state index >= 15 is 0 Å². The summed E-state index contributed by atoms with van der Waals surface area (Å²) in [6.45, 7) is 6.64. The van der Waals surface area contributed by atoms with E-state index in [1.54, 1.807) is 23.1 Å². The van der Waals surface area contributed by atoms with Crippen molar-refractivity contribution in [3.05, 3.63) is 42.7 Å². The molecule has 6 heteroatoms. The van der Waals surface area contributed by atoms with E-state index < -0.39 is 8.07 Å². The van der Waals surface area contributed by atoms with Gasteiger partial charge in [-0.3, -0.25) is 0 Å². The Kier molecular flexibility index (Phi) is 3.27. The maximum atomic E-state index is 4.59. The Bertz CT molecular complexity index is 837. The van der Waals surface area contributed by atoms with Crippen molar-refractivity contribution in [3.8, 4) is 22.7 Å². The fraction of sp³-hybridized carbons (Fsp3) is 0.200. The zero-order chi connectivity index (χ0) is 14.9. The first kappa shape index (κ1) is 13.5. The first-order valence-corrected chi connectivity index (χ1v) is 10.2. The number of rotatable bonds is 1. The second kappa shape index (κ2) is 5.11. The van der Waals surface area contributed by atoms with E-state index in [9.17, 15) is 0 Å². The normalized spacial score (nSPS) is 11.2. The quantitative estimate of drug-likeness (QED) is 0.511. The summed E-state index contributed by atoms with van der Waals surface area (Å²) in [5.41, 5.74) is 6.61. The number of hydrogen-bond acceptors (Lipinski definition) is 4. The van der Waals surface area contributed by atoms with Crippen molar-refractivity contribution in [2.24, 2.45) is 0 Å². The highest BCUT2D eigenvalue weighted by atomic mass is 28.3. The van der Waals surface area contributed by atoms with Crippen LogP contribution in [0, 0.1) is 11.5 Å². The molecule has 0 amide bonds. The fourth-order valence-electron chi connectivity index (χ4n) is 1.80. The second-order valence-electron chi connectivity index (χ2n) is 5.76. The maximum Gasteiger partial charge on any atom is 0.154 e. The van der Waals surface area contributed by atoms with Crippen LogP contribution in [0.4, 0.5) is 0 Å². The summed E-state index contributed by atoms with van der Waals surface area (Å²) in [6.07, 6.45) is 6.75. The Balaban J connectivity index is 2.10. The molecule has 0 aromatic carbocycles. The monoisotopic (exact) mass is 293 g/mol. The number of nitrogens with zero attached hydrogens (tertiary/aromatic N) is 5. The van der Waals surface area contributed by atoms with Gasteiger partial charge in [0.1, 0.15) is 20.1 Å². The Morgan fingerprint density at radius 3 is 2.52 bits per heavy atom. The molecule has 0 fully saturated rings. The molecule has 0 aliphatic heterocycles. The van der Waals surface area contributed by atoms with Crippen LogP contribution in [-0.2, 0) is 0 Å². The zero-order valence-electron chi connectivity index (χ0n) is 12.2. The molecular weight excluding hydrogens is 278 g/mol. The van der Waals surface area contributed by atoms with Gasteiger partial charge in [0.05, 0.1) is 11.9 Å². The summed E-state index contributed by atoms with van der Waals surface area (Å²) >= 11 is 0. The number of aromatic nitrogens is 5. The minimum absolute atomic E-state index is 0.787. The van der Waals surface area contributed by atoms with Gasteiger partial charge in [-0.05, 0) is 12.1 Å². The average Bonchev–Trinajstić information content (AvgIpc) is 2.87. The van der Waals surface area contributed by atoms with E-state index in [0.717, 1.165) is 22.6 Å². The fourth-order valence-corrected chi connectivity index (χ4v) is 2.30. The van der Waals surface area contributed by atoms with E-state index in [1.807, 2.05) is 12.1 Å². The van der Waals surface area contributed by atoms with Gasteiger partial charge in [-0.25, -0.2) is 19.5 Å². The van der Waals surface area contributed by atoms with Gasteiger partial charge in [0, 0.05) is 18.0 Å². The molecule has 0 aliphatic carbocycles. The number of fused-ring (bicyclic) bond motifs is 1. The lowest BCUT2D eigenvalue weighted by molar-refractivity contribution is 0.927. The molecule has 3 aromatic heterocycles. The maximum absolute atomic E-state index is 4.59. The molecule has 104 valence electrons. The Labute approximate surface area is 124 Å². The van der Waals surface area contributed by atoms with Crippen molar-refractivity contribution in [3.63, 3.8) is 0 Å². The van der Waals surface area contributed by atoms with Crippen molar-refractivity contribution in [2.45, 2.75) is 19.6 Å². The van der Waals surface area contributed by atoms with Gasteiger partial charge in [-0.15, -0.1) is 5.54 Å². The van der Waals surface area contributed by atoms with Crippen LogP contribution in [-0.4, -0.2) is 32.6 Å². The third kappa shape index (κ3) is 2.98. The van der Waals surface area contributed by atoms with Crippen molar-refractivity contribution < 1.29 is 0 Å². The molecule has 3 heterocycles. The Morgan fingerprint density at radius 2 is 1.81 bits per heavy atom. The van der Waals surface area contributed by atoms with E-state index in [4.69, 9.17) is 0 Å². The highest BCUT2D eigenvalue weighted by Crippen LogP contribution is 2.15. The summed E-state index contributed by atoms with van der Waals surface area (Å²) in [7, 11) is -1.43. The van der Waals surface area contributed by atoms with Crippen LogP contribution in [0.3, 0.4) is 0 Å². The smallest absolute Gasteiger partial charge is 0.154 e. The standard InChI is InChI=1S/C15H15N5Si/c1-21(2,3)7-6-13-10-18-15-5-4-14(19-20(13)15)12-8-16-11-17-9-12/h4-5,8-11H,1-3H3. The van der Waals surface area contributed by atoms with Gasteiger partial charge >= 0.3 is 0 Å². The van der Waals surface area contributed by atoms with Gasteiger partial charge in [0.2, 0.25) is 0 Å². The van der Waals surface area contributed by atoms with Crippen LogP contribution < -0.4 is 0 Å². The van der Waals surface area contributed by atoms with Crippen LogP contribution in [0.15, 0.2) is 37.1 Å². The lowest BCUT2D eigenvalue weighted by Crippen LogP contribution is -2.16.